The Morgan fingerprint density at radius 1 is 1.18 bits per heavy atom. The molecule has 2 aromatic rings. The molecule has 0 aromatic heterocycles. The van der Waals surface area contributed by atoms with Gasteiger partial charge in [0.25, 0.3) is 5.91 Å². The second kappa shape index (κ2) is 7.04. The molecule has 22 heavy (non-hydrogen) atoms. The van der Waals surface area contributed by atoms with Crippen molar-refractivity contribution >= 4 is 23.5 Å². The summed E-state index contributed by atoms with van der Waals surface area (Å²) in [7, 11) is 0. The number of benzene rings is 2. The van der Waals surface area contributed by atoms with Crippen LogP contribution in [0.4, 0.5) is 4.39 Å². The van der Waals surface area contributed by atoms with Gasteiger partial charge in [-0.3, -0.25) is 4.79 Å². The molecule has 2 rings (SSSR count). The molecule has 0 bridgehead atoms. The Labute approximate surface area is 131 Å². The molecule has 0 saturated heterocycles. The summed E-state index contributed by atoms with van der Waals surface area (Å²) in [5.41, 5.74) is 0.887. The number of amides is 1. The van der Waals surface area contributed by atoms with Crippen LogP contribution < -0.4 is 5.32 Å². The second-order valence-corrected chi connectivity index (χ2v) is 5.14. The third-order valence-electron chi connectivity index (χ3n) is 3.04. The van der Waals surface area contributed by atoms with Gasteiger partial charge in [0.1, 0.15) is 11.9 Å². The number of carbonyl (C=O) groups is 2. The van der Waals surface area contributed by atoms with Gasteiger partial charge in [0, 0.05) is 17.0 Å². The summed E-state index contributed by atoms with van der Waals surface area (Å²) < 4.78 is 12.8. The number of aliphatic carboxylic acids is 1. The second-order valence-electron chi connectivity index (χ2n) is 4.71. The third kappa shape index (κ3) is 4.30. The van der Waals surface area contributed by atoms with E-state index < -0.39 is 23.7 Å². The van der Waals surface area contributed by atoms with Crippen LogP contribution in [0.5, 0.6) is 0 Å². The van der Waals surface area contributed by atoms with Crippen LogP contribution >= 0.6 is 11.6 Å². The van der Waals surface area contributed by atoms with E-state index in [0.717, 1.165) is 12.1 Å². The van der Waals surface area contributed by atoms with E-state index in [1.54, 1.807) is 24.3 Å². The molecular formula is C16H13ClFNO3. The molecule has 0 heterocycles. The van der Waals surface area contributed by atoms with Crippen molar-refractivity contribution in [3.63, 3.8) is 0 Å². The number of carboxylic acid groups (broad SMARTS) is 1. The number of halogens is 2. The lowest BCUT2D eigenvalue weighted by Gasteiger charge is -2.15. The zero-order chi connectivity index (χ0) is 16.1. The standard InChI is InChI=1S/C16H13ClFNO3/c17-12-3-1-2-10(8-12)9-14(16(21)22)19-15(20)11-4-6-13(18)7-5-11/h1-8,14H,9H2,(H,19,20)(H,21,22)/t14-/m1/s1. The number of nitrogens with one attached hydrogen (secondary N) is 1. The normalized spacial score (nSPS) is 11.7. The van der Waals surface area contributed by atoms with Crippen LogP contribution in [0.25, 0.3) is 0 Å². The van der Waals surface area contributed by atoms with E-state index in [1.807, 2.05) is 0 Å². The minimum absolute atomic E-state index is 0.100. The smallest absolute Gasteiger partial charge is 0.326 e. The van der Waals surface area contributed by atoms with Crippen molar-refractivity contribution in [1.82, 2.24) is 5.32 Å². The van der Waals surface area contributed by atoms with Crippen molar-refractivity contribution in [1.29, 1.82) is 0 Å². The first kappa shape index (κ1) is 16.0. The SMILES string of the molecule is O=C(N[C@H](Cc1cccc(Cl)c1)C(=O)O)c1ccc(F)cc1. The predicted molar refractivity (Wildman–Crippen MR) is 80.4 cm³/mol. The fourth-order valence-corrected chi connectivity index (χ4v) is 2.16. The monoisotopic (exact) mass is 321 g/mol. The van der Waals surface area contributed by atoms with Gasteiger partial charge in [-0.1, -0.05) is 23.7 Å². The quantitative estimate of drug-likeness (QED) is 0.890. The van der Waals surface area contributed by atoms with Gasteiger partial charge in [-0.05, 0) is 42.0 Å². The van der Waals surface area contributed by atoms with Gasteiger partial charge in [-0.25, -0.2) is 9.18 Å². The van der Waals surface area contributed by atoms with Crippen molar-refractivity contribution in [3.05, 3.63) is 70.5 Å². The lowest BCUT2D eigenvalue weighted by molar-refractivity contribution is -0.139. The zero-order valence-electron chi connectivity index (χ0n) is 11.4. The summed E-state index contributed by atoms with van der Waals surface area (Å²) in [4.78, 5) is 23.3. The average molecular weight is 322 g/mol. The van der Waals surface area contributed by atoms with Crippen LogP contribution in [0.3, 0.4) is 0 Å². The topological polar surface area (TPSA) is 66.4 Å². The van der Waals surface area contributed by atoms with Crippen LogP contribution in [-0.4, -0.2) is 23.0 Å². The molecule has 1 atom stereocenters. The highest BCUT2D eigenvalue weighted by atomic mass is 35.5. The van der Waals surface area contributed by atoms with Gasteiger partial charge >= 0.3 is 5.97 Å². The van der Waals surface area contributed by atoms with E-state index >= 15 is 0 Å². The van der Waals surface area contributed by atoms with E-state index in [0.29, 0.717) is 10.6 Å². The Bertz CT molecular complexity index is 688. The Morgan fingerprint density at radius 3 is 2.45 bits per heavy atom. The summed E-state index contributed by atoms with van der Waals surface area (Å²) in [5.74, 6) is -2.20. The Kier molecular flexibility index (Phi) is 5.12. The highest BCUT2D eigenvalue weighted by Crippen LogP contribution is 2.13. The Balaban J connectivity index is 2.10. The maximum absolute atomic E-state index is 12.8. The van der Waals surface area contributed by atoms with E-state index in [1.165, 1.54) is 12.1 Å². The van der Waals surface area contributed by atoms with Gasteiger partial charge < -0.3 is 10.4 Å². The van der Waals surface area contributed by atoms with Crippen molar-refractivity contribution in [2.24, 2.45) is 0 Å². The number of carboxylic acids is 1. The fourth-order valence-electron chi connectivity index (χ4n) is 1.94. The van der Waals surface area contributed by atoms with E-state index in [4.69, 9.17) is 11.6 Å². The Hall–Kier alpha value is -2.40. The van der Waals surface area contributed by atoms with Gasteiger partial charge in [0.05, 0.1) is 0 Å². The largest absolute Gasteiger partial charge is 0.480 e. The first-order valence-corrected chi connectivity index (χ1v) is 6.87. The highest BCUT2D eigenvalue weighted by Gasteiger charge is 2.21. The van der Waals surface area contributed by atoms with Crippen molar-refractivity contribution in [3.8, 4) is 0 Å². The first-order valence-electron chi connectivity index (χ1n) is 6.49. The Morgan fingerprint density at radius 2 is 1.86 bits per heavy atom. The molecule has 4 nitrogen and oxygen atoms in total. The lowest BCUT2D eigenvalue weighted by Crippen LogP contribution is -2.42. The van der Waals surface area contributed by atoms with Gasteiger partial charge in [-0.2, -0.15) is 0 Å². The number of carbonyl (C=O) groups excluding carboxylic acids is 1. The van der Waals surface area contributed by atoms with Gasteiger partial charge in [0.15, 0.2) is 0 Å². The molecule has 1 amide bonds. The van der Waals surface area contributed by atoms with E-state index in [9.17, 15) is 19.1 Å². The molecule has 0 saturated carbocycles. The van der Waals surface area contributed by atoms with Crippen LogP contribution in [0.2, 0.25) is 5.02 Å². The summed E-state index contributed by atoms with van der Waals surface area (Å²) in [6.45, 7) is 0. The summed E-state index contributed by atoms with van der Waals surface area (Å²) in [6.07, 6.45) is 0.100. The molecule has 114 valence electrons. The first-order chi connectivity index (χ1) is 10.5. The van der Waals surface area contributed by atoms with Crippen LogP contribution in [0.1, 0.15) is 15.9 Å². The van der Waals surface area contributed by atoms with E-state index in [2.05, 4.69) is 5.32 Å². The van der Waals surface area contributed by atoms with Crippen molar-refractivity contribution in [2.45, 2.75) is 12.5 Å². The molecule has 2 aromatic carbocycles. The maximum Gasteiger partial charge on any atom is 0.326 e. The molecule has 2 N–H and O–H groups in total. The van der Waals surface area contributed by atoms with Crippen molar-refractivity contribution < 1.29 is 19.1 Å². The lowest BCUT2D eigenvalue weighted by atomic mass is 10.1. The number of rotatable bonds is 5. The number of hydrogen-bond donors (Lipinski definition) is 2. The summed E-state index contributed by atoms with van der Waals surface area (Å²) in [5, 5.41) is 12.1. The zero-order valence-corrected chi connectivity index (χ0v) is 12.2. The average Bonchev–Trinajstić information content (AvgIpc) is 2.47. The molecule has 0 radical (unpaired) electrons. The van der Waals surface area contributed by atoms with Crippen LogP contribution in [0, 0.1) is 5.82 Å². The van der Waals surface area contributed by atoms with Crippen molar-refractivity contribution in [2.75, 3.05) is 0 Å². The highest BCUT2D eigenvalue weighted by molar-refractivity contribution is 6.30. The molecule has 6 heteroatoms. The minimum atomic E-state index is -1.16. The van der Waals surface area contributed by atoms with Crippen LogP contribution in [-0.2, 0) is 11.2 Å². The van der Waals surface area contributed by atoms with Gasteiger partial charge in [0.2, 0.25) is 0 Å². The molecule has 0 unspecified atom stereocenters. The van der Waals surface area contributed by atoms with Crippen LogP contribution in [0.15, 0.2) is 48.5 Å². The molecule has 0 spiro atoms. The summed E-state index contributed by atoms with van der Waals surface area (Å²) in [6, 6.07) is 10.5. The molecule has 0 aliphatic carbocycles. The van der Waals surface area contributed by atoms with E-state index in [-0.39, 0.29) is 12.0 Å². The molecular weight excluding hydrogens is 309 g/mol. The molecule has 0 aliphatic rings. The molecule has 0 fully saturated rings. The fraction of sp³-hybridized carbons (Fsp3) is 0.125. The minimum Gasteiger partial charge on any atom is -0.480 e. The van der Waals surface area contributed by atoms with Gasteiger partial charge in [-0.15, -0.1) is 0 Å². The predicted octanol–water partition coefficient (Wildman–Crippen LogP) is 2.90. The third-order valence-corrected chi connectivity index (χ3v) is 3.27. The number of hydrogen-bond acceptors (Lipinski definition) is 2. The maximum atomic E-state index is 12.8. The molecule has 0 aliphatic heterocycles. The summed E-state index contributed by atoms with van der Waals surface area (Å²) >= 11 is 5.85.